The number of hydrogen-bond acceptors (Lipinski definition) is 3. The first kappa shape index (κ1) is 14.9. The number of anilines is 1. The first-order chi connectivity index (χ1) is 9.78. The van der Waals surface area contributed by atoms with E-state index in [1.165, 1.54) is 5.56 Å². The van der Waals surface area contributed by atoms with Gasteiger partial charge in [-0.15, -0.1) is 0 Å². The first-order valence-electron chi connectivity index (χ1n) is 6.48. The number of ether oxygens (including phenoxy) is 2. The van der Waals surface area contributed by atoms with Crippen LogP contribution in [-0.2, 0) is 11.3 Å². The van der Waals surface area contributed by atoms with E-state index in [4.69, 9.17) is 9.47 Å². The minimum absolute atomic E-state index is 0.571. The van der Waals surface area contributed by atoms with E-state index in [-0.39, 0.29) is 0 Å². The Morgan fingerprint density at radius 2 is 1.85 bits per heavy atom. The van der Waals surface area contributed by atoms with Crippen LogP contribution in [0.2, 0.25) is 0 Å². The summed E-state index contributed by atoms with van der Waals surface area (Å²) in [4.78, 5) is 0. The van der Waals surface area contributed by atoms with Crippen LogP contribution in [0.5, 0.6) is 5.75 Å². The van der Waals surface area contributed by atoms with Crippen LogP contribution in [0.3, 0.4) is 0 Å². The van der Waals surface area contributed by atoms with Crippen LogP contribution in [0.15, 0.2) is 53.0 Å². The highest BCUT2D eigenvalue weighted by molar-refractivity contribution is 9.10. The summed E-state index contributed by atoms with van der Waals surface area (Å²) in [7, 11) is 1.66. The number of benzene rings is 2. The number of hydrogen-bond donors (Lipinski definition) is 1. The molecule has 0 unspecified atom stereocenters. The fourth-order valence-corrected chi connectivity index (χ4v) is 2.21. The Labute approximate surface area is 128 Å². The van der Waals surface area contributed by atoms with Crippen molar-refractivity contribution >= 4 is 21.6 Å². The van der Waals surface area contributed by atoms with Gasteiger partial charge in [-0.05, 0) is 42.0 Å². The Balaban J connectivity index is 1.84. The molecular weight excluding hydrogens is 318 g/mol. The summed E-state index contributed by atoms with van der Waals surface area (Å²) in [6.07, 6.45) is 0. The van der Waals surface area contributed by atoms with Gasteiger partial charge in [0.05, 0.1) is 6.61 Å². The zero-order valence-corrected chi connectivity index (χ0v) is 13.0. The smallest absolute Gasteiger partial charge is 0.119 e. The molecule has 0 saturated heterocycles. The first-order valence-corrected chi connectivity index (χ1v) is 7.27. The fraction of sp³-hybridized carbons (Fsp3) is 0.250. The third kappa shape index (κ3) is 4.87. The summed E-state index contributed by atoms with van der Waals surface area (Å²) in [6, 6.07) is 16.2. The topological polar surface area (TPSA) is 30.5 Å². The molecule has 0 aliphatic rings. The van der Waals surface area contributed by atoms with E-state index in [1.807, 2.05) is 36.4 Å². The molecule has 0 aliphatic carbocycles. The number of methoxy groups -OCH3 is 1. The van der Waals surface area contributed by atoms with E-state index in [9.17, 15) is 0 Å². The maximum atomic E-state index is 5.52. The highest BCUT2D eigenvalue weighted by atomic mass is 79.9. The molecule has 0 amide bonds. The van der Waals surface area contributed by atoms with E-state index < -0.39 is 0 Å². The molecule has 0 saturated carbocycles. The Hall–Kier alpha value is -1.52. The van der Waals surface area contributed by atoms with Crippen LogP contribution in [0.25, 0.3) is 0 Å². The number of rotatable bonds is 7. The van der Waals surface area contributed by atoms with E-state index in [0.29, 0.717) is 13.2 Å². The number of nitrogens with one attached hydrogen (secondary N) is 1. The summed E-state index contributed by atoms with van der Waals surface area (Å²) in [5.74, 6) is 0.857. The molecule has 0 bridgehead atoms. The summed E-state index contributed by atoms with van der Waals surface area (Å²) in [5.41, 5.74) is 2.31. The van der Waals surface area contributed by atoms with Crippen molar-refractivity contribution in [1.29, 1.82) is 0 Å². The maximum Gasteiger partial charge on any atom is 0.119 e. The molecule has 2 aromatic carbocycles. The largest absolute Gasteiger partial charge is 0.491 e. The van der Waals surface area contributed by atoms with E-state index >= 15 is 0 Å². The molecule has 0 radical (unpaired) electrons. The summed E-state index contributed by atoms with van der Waals surface area (Å²) < 4.78 is 11.6. The van der Waals surface area contributed by atoms with Crippen molar-refractivity contribution in [3.8, 4) is 5.75 Å². The molecular formula is C16H18BrNO2. The highest BCUT2D eigenvalue weighted by Gasteiger charge is 1.97. The van der Waals surface area contributed by atoms with Crippen molar-refractivity contribution in [2.24, 2.45) is 0 Å². The van der Waals surface area contributed by atoms with Gasteiger partial charge >= 0.3 is 0 Å². The Morgan fingerprint density at radius 1 is 1.05 bits per heavy atom. The molecule has 1 N–H and O–H groups in total. The second-order valence-corrected chi connectivity index (χ2v) is 5.26. The van der Waals surface area contributed by atoms with Gasteiger partial charge < -0.3 is 14.8 Å². The van der Waals surface area contributed by atoms with Gasteiger partial charge in [-0.3, -0.25) is 0 Å². The lowest BCUT2D eigenvalue weighted by Crippen LogP contribution is -2.04. The average Bonchev–Trinajstić information content (AvgIpc) is 2.47. The van der Waals surface area contributed by atoms with Gasteiger partial charge in [0, 0.05) is 23.8 Å². The van der Waals surface area contributed by atoms with Crippen LogP contribution >= 0.6 is 15.9 Å². The van der Waals surface area contributed by atoms with Crippen LogP contribution in [0.4, 0.5) is 5.69 Å². The molecule has 0 aromatic heterocycles. The molecule has 0 heterocycles. The Morgan fingerprint density at radius 3 is 2.55 bits per heavy atom. The maximum absolute atomic E-state index is 5.52. The normalized spacial score (nSPS) is 10.3. The average molecular weight is 336 g/mol. The molecule has 0 atom stereocenters. The monoisotopic (exact) mass is 335 g/mol. The van der Waals surface area contributed by atoms with Crippen molar-refractivity contribution in [2.45, 2.75) is 6.54 Å². The zero-order chi connectivity index (χ0) is 14.2. The fourth-order valence-electron chi connectivity index (χ4n) is 1.76. The third-order valence-corrected chi connectivity index (χ3v) is 3.29. The highest BCUT2D eigenvalue weighted by Crippen LogP contribution is 2.17. The zero-order valence-electron chi connectivity index (χ0n) is 11.4. The predicted molar refractivity (Wildman–Crippen MR) is 85.3 cm³/mol. The van der Waals surface area contributed by atoms with Crippen LogP contribution in [0, 0.1) is 0 Å². The van der Waals surface area contributed by atoms with Crippen LogP contribution in [0.1, 0.15) is 5.56 Å². The van der Waals surface area contributed by atoms with Gasteiger partial charge in [0.1, 0.15) is 12.4 Å². The van der Waals surface area contributed by atoms with Gasteiger partial charge in [0.2, 0.25) is 0 Å². The summed E-state index contributed by atoms with van der Waals surface area (Å²) >= 11 is 3.47. The number of halogens is 1. The van der Waals surface area contributed by atoms with Gasteiger partial charge in [-0.1, -0.05) is 28.1 Å². The van der Waals surface area contributed by atoms with Gasteiger partial charge in [-0.2, -0.15) is 0 Å². The van der Waals surface area contributed by atoms with E-state index in [1.54, 1.807) is 7.11 Å². The Bertz CT molecular complexity index is 528. The van der Waals surface area contributed by atoms with Gasteiger partial charge in [0.25, 0.3) is 0 Å². The van der Waals surface area contributed by atoms with Gasteiger partial charge in [-0.25, -0.2) is 0 Å². The van der Waals surface area contributed by atoms with Crippen molar-refractivity contribution in [3.63, 3.8) is 0 Å². The van der Waals surface area contributed by atoms with E-state index in [0.717, 1.165) is 22.5 Å². The molecule has 0 aliphatic heterocycles. The lowest BCUT2D eigenvalue weighted by Gasteiger charge is -2.09. The van der Waals surface area contributed by atoms with E-state index in [2.05, 4.69) is 33.4 Å². The molecule has 2 aromatic rings. The molecule has 20 heavy (non-hydrogen) atoms. The summed E-state index contributed by atoms with van der Waals surface area (Å²) in [5, 5.41) is 3.38. The lowest BCUT2D eigenvalue weighted by atomic mass is 10.2. The van der Waals surface area contributed by atoms with Crippen molar-refractivity contribution in [1.82, 2.24) is 0 Å². The van der Waals surface area contributed by atoms with Crippen molar-refractivity contribution < 1.29 is 9.47 Å². The second kappa shape index (κ2) is 7.92. The molecule has 0 fully saturated rings. The van der Waals surface area contributed by atoms with Gasteiger partial charge in [0.15, 0.2) is 0 Å². The van der Waals surface area contributed by atoms with Crippen molar-refractivity contribution in [2.75, 3.05) is 25.6 Å². The lowest BCUT2D eigenvalue weighted by molar-refractivity contribution is 0.146. The van der Waals surface area contributed by atoms with Crippen LogP contribution in [-0.4, -0.2) is 20.3 Å². The van der Waals surface area contributed by atoms with Crippen LogP contribution < -0.4 is 10.1 Å². The second-order valence-electron chi connectivity index (χ2n) is 4.35. The minimum atomic E-state index is 0.571. The third-order valence-electron chi connectivity index (χ3n) is 2.80. The molecule has 106 valence electrons. The SMILES string of the molecule is COCCOc1ccc(NCc2cccc(Br)c2)cc1. The molecule has 4 heteroatoms. The molecule has 0 spiro atoms. The quantitative estimate of drug-likeness (QED) is 0.773. The molecule has 3 nitrogen and oxygen atoms in total. The minimum Gasteiger partial charge on any atom is -0.491 e. The Kier molecular flexibility index (Phi) is 5.89. The summed E-state index contributed by atoms with van der Waals surface area (Å²) in [6.45, 7) is 1.97. The standard InChI is InChI=1S/C16H18BrNO2/c1-19-9-10-20-16-7-5-15(6-8-16)18-12-13-3-2-4-14(17)11-13/h2-8,11,18H,9-10,12H2,1H3. The van der Waals surface area contributed by atoms with Crippen molar-refractivity contribution in [3.05, 3.63) is 58.6 Å². The molecule has 2 rings (SSSR count). The predicted octanol–water partition coefficient (Wildman–Crippen LogP) is 4.09.